The van der Waals surface area contributed by atoms with Gasteiger partial charge in [0.2, 0.25) is 0 Å². The van der Waals surface area contributed by atoms with E-state index >= 15 is 0 Å². The first-order valence-electron chi connectivity index (χ1n) is 7.79. The van der Waals surface area contributed by atoms with Gasteiger partial charge < -0.3 is 14.6 Å². The van der Waals surface area contributed by atoms with Crippen molar-refractivity contribution in [2.75, 3.05) is 13.2 Å². The summed E-state index contributed by atoms with van der Waals surface area (Å²) in [6, 6.07) is 2.49. The third-order valence-corrected chi connectivity index (χ3v) is 4.65. The van der Waals surface area contributed by atoms with Gasteiger partial charge in [0.25, 0.3) is 5.91 Å². The Bertz CT molecular complexity index is 520. The molecule has 21 heavy (non-hydrogen) atoms. The van der Waals surface area contributed by atoms with Crippen LogP contribution in [0.5, 0.6) is 0 Å². The molecule has 1 aliphatic rings. The van der Waals surface area contributed by atoms with E-state index in [1.54, 1.807) is 0 Å². The number of carbonyl (C=O) groups excluding carboxylic acids is 1. The van der Waals surface area contributed by atoms with E-state index in [1.165, 1.54) is 0 Å². The summed E-state index contributed by atoms with van der Waals surface area (Å²) in [4.78, 5) is 12.5. The van der Waals surface area contributed by atoms with Gasteiger partial charge in [0.15, 0.2) is 0 Å². The number of amides is 1. The van der Waals surface area contributed by atoms with E-state index in [0.717, 1.165) is 36.6 Å². The molecule has 0 aromatic carbocycles. The molecule has 0 saturated carbocycles. The number of aryl methyl sites for hydroxylation is 1. The molecular formula is C17H28N2O2. The molecule has 4 nitrogen and oxygen atoms in total. The molecule has 1 aromatic heterocycles. The topological polar surface area (TPSA) is 43.3 Å². The van der Waals surface area contributed by atoms with Crippen molar-refractivity contribution in [3.05, 3.63) is 23.0 Å². The maximum Gasteiger partial charge on any atom is 0.253 e. The lowest BCUT2D eigenvalue weighted by molar-refractivity contribution is 0.0909. The maximum absolute atomic E-state index is 12.5. The fraction of sp³-hybridized carbons (Fsp3) is 0.706. The van der Waals surface area contributed by atoms with Crippen molar-refractivity contribution < 1.29 is 9.53 Å². The number of nitrogens with one attached hydrogen (secondary N) is 1. The van der Waals surface area contributed by atoms with Crippen LogP contribution in [-0.4, -0.2) is 29.7 Å². The SMILES string of the molecule is Cc1cc(C(=O)N[C@H](C)C(C)(C)C)c(C)n1C1CCOC1. The summed E-state index contributed by atoms with van der Waals surface area (Å²) in [5, 5.41) is 3.12. The van der Waals surface area contributed by atoms with Gasteiger partial charge in [-0.1, -0.05) is 20.8 Å². The predicted octanol–water partition coefficient (Wildman–Crippen LogP) is 3.23. The molecule has 1 aliphatic heterocycles. The molecule has 1 unspecified atom stereocenters. The van der Waals surface area contributed by atoms with Gasteiger partial charge in [-0.25, -0.2) is 0 Å². The average molecular weight is 292 g/mol. The zero-order valence-corrected chi connectivity index (χ0v) is 14.1. The van der Waals surface area contributed by atoms with Gasteiger partial charge in [-0.15, -0.1) is 0 Å². The zero-order chi connectivity index (χ0) is 15.8. The van der Waals surface area contributed by atoms with Crippen molar-refractivity contribution in [1.82, 2.24) is 9.88 Å². The van der Waals surface area contributed by atoms with E-state index < -0.39 is 0 Å². The van der Waals surface area contributed by atoms with E-state index in [-0.39, 0.29) is 17.4 Å². The van der Waals surface area contributed by atoms with Gasteiger partial charge in [0.05, 0.1) is 18.2 Å². The van der Waals surface area contributed by atoms with E-state index in [9.17, 15) is 4.79 Å². The van der Waals surface area contributed by atoms with E-state index in [1.807, 2.05) is 13.0 Å². The fourth-order valence-electron chi connectivity index (χ4n) is 2.79. The van der Waals surface area contributed by atoms with Crippen molar-refractivity contribution in [3.63, 3.8) is 0 Å². The quantitative estimate of drug-likeness (QED) is 0.929. The Morgan fingerprint density at radius 1 is 1.43 bits per heavy atom. The molecule has 1 saturated heterocycles. The second-order valence-corrected chi connectivity index (χ2v) is 7.23. The number of aromatic nitrogens is 1. The lowest BCUT2D eigenvalue weighted by Gasteiger charge is -2.28. The summed E-state index contributed by atoms with van der Waals surface area (Å²) in [7, 11) is 0. The molecule has 0 radical (unpaired) electrons. The highest BCUT2D eigenvalue weighted by Gasteiger charge is 2.26. The van der Waals surface area contributed by atoms with Gasteiger partial charge in [-0.2, -0.15) is 0 Å². The van der Waals surface area contributed by atoms with E-state index in [0.29, 0.717) is 6.04 Å². The molecule has 1 aromatic rings. The minimum absolute atomic E-state index is 0.0238. The molecule has 0 spiro atoms. The molecule has 1 N–H and O–H groups in total. The van der Waals surface area contributed by atoms with Crippen LogP contribution in [0.1, 0.15) is 61.9 Å². The van der Waals surface area contributed by atoms with E-state index in [4.69, 9.17) is 4.74 Å². The minimum atomic E-state index is 0.0238. The molecule has 0 bridgehead atoms. The summed E-state index contributed by atoms with van der Waals surface area (Å²) in [6.07, 6.45) is 1.02. The average Bonchev–Trinajstić information content (AvgIpc) is 2.96. The third kappa shape index (κ3) is 3.31. The van der Waals surface area contributed by atoms with Gasteiger partial charge in [0, 0.05) is 24.0 Å². The van der Waals surface area contributed by atoms with Crippen LogP contribution in [-0.2, 0) is 4.74 Å². The monoisotopic (exact) mass is 292 g/mol. The highest BCUT2D eigenvalue weighted by molar-refractivity contribution is 5.96. The number of ether oxygens (including phenoxy) is 1. The predicted molar refractivity (Wildman–Crippen MR) is 84.8 cm³/mol. The Morgan fingerprint density at radius 3 is 2.62 bits per heavy atom. The Morgan fingerprint density at radius 2 is 2.10 bits per heavy atom. The van der Waals surface area contributed by atoms with Gasteiger partial charge in [0.1, 0.15) is 0 Å². The van der Waals surface area contributed by atoms with Crippen molar-refractivity contribution >= 4 is 5.91 Å². The summed E-state index contributed by atoms with van der Waals surface area (Å²) in [5.41, 5.74) is 3.02. The van der Waals surface area contributed by atoms with Crippen LogP contribution in [0.3, 0.4) is 0 Å². The number of nitrogens with zero attached hydrogens (tertiary/aromatic N) is 1. The molecule has 2 rings (SSSR count). The molecule has 4 heteroatoms. The molecule has 1 fully saturated rings. The Kier molecular flexibility index (Phi) is 4.47. The van der Waals surface area contributed by atoms with Crippen molar-refractivity contribution in [3.8, 4) is 0 Å². The van der Waals surface area contributed by atoms with Crippen LogP contribution in [0.2, 0.25) is 0 Å². The van der Waals surface area contributed by atoms with Crippen LogP contribution in [0, 0.1) is 19.3 Å². The molecule has 0 aliphatic carbocycles. The van der Waals surface area contributed by atoms with Crippen molar-refractivity contribution in [1.29, 1.82) is 0 Å². The second-order valence-electron chi connectivity index (χ2n) is 7.23. The zero-order valence-electron chi connectivity index (χ0n) is 14.1. The Balaban J connectivity index is 2.21. The molecule has 1 amide bonds. The number of rotatable bonds is 3. The first-order valence-corrected chi connectivity index (χ1v) is 7.79. The molecule has 2 heterocycles. The summed E-state index contributed by atoms with van der Waals surface area (Å²) in [5.74, 6) is 0.0238. The third-order valence-electron chi connectivity index (χ3n) is 4.65. The van der Waals surface area contributed by atoms with Crippen LogP contribution < -0.4 is 5.32 Å². The van der Waals surface area contributed by atoms with Crippen LogP contribution in [0.4, 0.5) is 0 Å². The van der Waals surface area contributed by atoms with Crippen LogP contribution >= 0.6 is 0 Å². The minimum Gasteiger partial charge on any atom is -0.379 e. The maximum atomic E-state index is 12.5. The van der Waals surface area contributed by atoms with Crippen LogP contribution in [0.15, 0.2) is 6.07 Å². The molecule has 2 atom stereocenters. The van der Waals surface area contributed by atoms with Gasteiger partial charge >= 0.3 is 0 Å². The van der Waals surface area contributed by atoms with Gasteiger partial charge in [-0.05, 0) is 38.7 Å². The Hall–Kier alpha value is -1.29. The summed E-state index contributed by atoms with van der Waals surface area (Å²) in [6.45, 7) is 14.1. The fourth-order valence-corrected chi connectivity index (χ4v) is 2.79. The van der Waals surface area contributed by atoms with Gasteiger partial charge in [-0.3, -0.25) is 4.79 Å². The number of carbonyl (C=O) groups is 1. The molecular weight excluding hydrogens is 264 g/mol. The first kappa shape index (κ1) is 16.1. The number of hydrogen-bond donors (Lipinski definition) is 1. The van der Waals surface area contributed by atoms with Crippen molar-refractivity contribution in [2.45, 2.75) is 60.0 Å². The second kappa shape index (κ2) is 5.84. The molecule has 118 valence electrons. The van der Waals surface area contributed by atoms with Crippen molar-refractivity contribution in [2.24, 2.45) is 5.41 Å². The summed E-state index contributed by atoms with van der Waals surface area (Å²) >= 11 is 0. The Labute approximate surface area is 127 Å². The smallest absolute Gasteiger partial charge is 0.253 e. The summed E-state index contributed by atoms with van der Waals surface area (Å²) < 4.78 is 7.73. The lowest BCUT2D eigenvalue weighted by Crippen LogP contribution is -2.41. The first-order chi connectivity index (χ1) is 9.71. The highest BCUT2D eigenvalue weighted by atomic mass is 16.5. The number of hydrogen-bond acceptors (Lipinski definition) is 2. The highest BCUT2D eigenvalue weighted by Crippen LogP contribution is 2.27. The van der Waals surface area contributed by atoms with E-state index in [2.05, 4.69) is 44.5 Å². The normalized spacial score (nSPS) is 20.6. The largest absolute Gasteiger partial charge is 0.379 e. The standard InChI is InChI=1S/C17H28N2O2/c1-11-9-15(16(20)18-13(3)17(4,5)6)12(2)19(11)14-7-8-21-10-14/h9,13-14H,7-8,10H2,1-6H3,(H,18,20)/t13-,14?/m1/s1. The lowest BCUT2D eigenvalue weighted by atomic mass is 9.88. The van der Waals surface area contributed by atoms with Crippen LogP contribution in [0.25, 0.3) is 0 Å².